The topological polar surface area (TPSA) is 75.1 Å². The molecular weight excluding hydrogens is 158 g/mol. The summed E-state index contributed by atoms with van der Waals surface area (Å²) in [6.45, 7) is 3.49. The molecule has 0 saturated heterocycles. The Morgan fingerprint density at radius 1 is 1.67 bits per heavy atom. The average molecular weight is 165 g/mol. The van der Waals surface area contributed by atoms with E-state index in [4.69, 9.17) is 5.11 Å². The van der Waals surface area contributed by atoms with E-state index in [0.717, 1.165) is 0 Å². The number of carbonyl (C=O) groups is 1. The molecule has 0 aliphatic carbocycles. The van der Waals surface area contributed by atoms with E-state index in [1.165, 1.54) is 18.5 Å². The second-order valence-corrected chi connectivity index (χ2v) is 1.96. The number of amides is 1. The minimum absolute atomic E-state index is 0.243. The lowest BCUT2D eigenvalue weighted by atomic mass is 10.4. The van der Waals surface area contributed by atoms with Gasteiger partial charge in [-0.25, -0.2) is 14.8 Å². The van der Waals surface area contributed by atoms with Crippen LogP contribution < -0.4 is 5.32 Å². The molecule has 1 rings (SSSR count). The van der Waals surface area contributed by atoms with Crippen LogP contribution >= 0.6 is 0 Å². The summed E-state index contributed by atoms with van der Waals surface area (Å²) in [4.78, 5) is 17.7. The maximum atomic E-state index is 10.2. The highest BCUT2D eigenvalue weighted by molar-refractivity contribution is 5.81. The third-order valence-corrected chi connectivity index (χ3v) is 1.13. The Bertz CT molecular complexity index is 311. The number of carboxylic acid groups (broad SMARTS) is 1. The van der Waals surface area contributed by atoms with Gasteiger partial charge in [-0.15, -0.1) is 0 Å². The van der Waals surface area contributed by atoms with Gasteiger partial charge in [0.05, 0.1) is 5.69 Å². The lowest BCUT2D eigenvalue weighted by molar-refractivity contribution is 0.209. The van der Waals surface area contributed by atoms with Crippen molar-refractivity contribution in [1.82, 2.24) is 9.97 Å². The summed E-state index contributed by atoms with van der Waals surface area (Å²) in [7, 11) is 0. The Kier molecular flexibility index (Phi) is 2.37. The van der Waals surface area contributed by atoms with Gasteiger partial charge in [0.1, 0.15) is 12.1 Å². The first-order chi connectivity index (χ1) is 5.72. The largest absolute Gasteiger partial charge is 0.465 e. The molecule has 1 amide bonds. The minimum atomic E-state index is -1.15. The van der Waals surface area contributed by atoms with Crippen molar-refractivity contribution in [3.63, 3.8) is 0 Å². The Balaban J connectivity index is 2.86. The van der Waals surface area contributed by atoms with Gasteiger partial charge in [0.25, 0.3) is 0 Å². The lowest BCUT2D eigenvalue weighted by Gasteiger charge is -1.98. The summed E-state index contributed by atoms with van der Waals surface area (Å²) >= 11 is 0. The maximum Gasteiger partial charge on any atom is 0.410 e. The summed E-state index contributed by atoms with van der Waals surface area (Å²) in [5, 5.41) is 10.4. The van der Waals surface area contributed by atoms with Crippen molar-refractivity contribution in [3.8, 4) is 0 Å². The van der Waals surface area contributed by atoms with E-state index < -0.39 is 6.09 Å². The standard InChI is InChI=1S/C7H7N3O2/c1-2-5-3-6(9-4-8-5)10-7(11)12/h2-4H,1H2,(H,11,12)(H,8,9,10). The van der Waals surface area contributed by atoms with Gasteiger partial charge in [-0.1, -0.05) is 6.58 Å². The summed E-state index contributed by atoms with van der Waals surface area (Å²) in [6, 6.07) is 1.49. The summed E-state index contributed by atoms with van der Waals surface area (Å²) in [5.41, 5.74) is 0.578. The molecule has 62 valence electrons. The quantitative estimate of drug-likeness (QED) is 0.690. The Morgan fingerprint density at radius 2 is 2.42 bits per heavy atom. The van der Waals surface area contributed by atoms with Crippen LogP contribution in [0.3, 0.4) is 0 Å². The molecule has 0 saturated carbocycles. The molecule has 5 nitrogen and oxygen atoms in total. The van der Waals surface area contributed by atoms with Crippen molar-refractivity contribution in [1.29, 1.82) is 0 Å². The van der Waals surface area contributed by atoms with Crippen LogP contribution in [0.25, 0.3) is 6.08 Å². The van der Waals surface area contributed by atoms with Gasteiger partial charge < -0.3 is 5.11 Å². The van der Waals surface area contributed by atoms with E-state index >= 15 is 0 Å². The van der Waals surface area contributed by atoms with Crippen LogP contribution in [0.2, 0.25) is 0 Å². The molecule has 0 aromatic carbocycles. The van der Waals surface area contributed by atoms with Crippen LogP contribution in [-0.4, -0.2) is 21.2 Å². The van der Waals surface area contributed by atoms with Crippen LogP contribution in [0.15, 0.2) is 19.0 Å². The van der Waals surface area contributed by atoms with Crippen molar-refractivity contribution in [2.75, 3.05) is 5.32 Å². The number of aromatic nitrogens is 2. The van der Waals surface area contributed by atoms with Gasteiger partial charge in [-0.2, -0.15) is 0 Å². The smallest absolute Gasteiger partial charge is 0.410 e. The predicted octanol–water partition coefficient (Wildman–Crippen LogP) is 1.21. The predicted molar refractivity (Wildman–Crippen MR) is 43.8 cm³/mol. The van der Waals surface area contributed by atoms with Gasteiger partial charge >= 0.3 is 6.09 Å². The number of nitrogens with zero attached hydrogens (tertiary/aromatic N) is 2. The van der Waals surface area contributed by atoms with Crippen molar-refractivity contribution in [2.24, 2.45) is 0 Å². The molecule has 0 atom stereocenters. The van der Waals surface area contributed by atoms with Crippen LogP contribution in [0.4, 0.5) is 10.6 Å². The second kappa shape index (κ2) is 3.47. The molecule has 12 heavy (non-hydrogen) atoms. The van der Waals surface area contributed by atoms with E-state index in [1.807, 2.05) is 0 Å². The lowest BCUT2D eigenvalue weighted by Crippen LogP contribution is -2.08. The highest BCUT2D eigenvalue weighted by Gasteiger charge is 1.98. The molecule has 0 spiro atoms. The molecule has 0 radical (unpaired) electrons. The number of anilines is 1. The Hall–Kier alpha value is -1.91. The van der Waals surface area contributed by atoms with Gasteiger partial charge in [-0.3, -0.25) is 5.32 Å². The first kappa shape index (κ1) is 8.19. The zero-order valence-corrected chi connectivity index (χ0v) is 6.19. The molecule has 0 aliphatic heterocycles. The van der Waals surface area contributed by atoms with Crippen molar-refractivity contribution >= 4 is 18.0 Å². The minimum Gasteiger partial charge on any atom is -0.465 e. The number of nitrogens with one attached hydrogen (secondary N) is 1. The SMILES string of the molecule is C=Cc1cc(NC(=O)O)ncn1. The van der Waals surface area contributed by atoms with Crippen LogP contribution in [0, 0.1) is 0 Å². The van der Waals surface area contributed by atoms with E-state index in [0.29, 0.717) is 5.69 Å². The highest BCUT2D eigenvalue weighted by atomic mass is 16.4. The fraction of sp³-hybridized carbons (Fsp3) is 0. The second-order valence-electron chi connectivity index (χ2n) is 1.96. The zero-order valence-electron chi connectivity index (χ0n) is 6.19. The molecule has 0 unspecified atom stereocenters. The highest BCUT2D eigenvalue weighted by Crippen LogP contribution is 2.03. The van der Waals surface area contributed by atoms with Gasteiger partial charge in [0.2, 0.25) is 0 Å². The number of hydrogen-bond acceptors (Lipinski definition) is 3. The molecule has 0 aliphatic rings. The molecule has 1 heterocycles. The summed E-state index contributed by atoms with van der Waals surface area (Å²) in [5.74, 6) is 0.243. The zero-order chi connectivity index (χ0) is 8.97. The number of rotatable bonds is 2. The number of hydrogen-bond donors (Lipinski definition) is 2. The fourth-order valence-corrected chi connectivity index (χ4v) is 0.662. The third-order valence-electron chi connectivity index (χ3n) is 1.13. The third kappa shape index (κ3) is 2.05. The van der Waals surface area contributed by atoms with E-state index in [2.05, 4.69) is 21.9 Å². The van der Waals surface area contributed by atoms with Crippen LogP contribution in [0.1, 0.15) is 5.69 Å². The maximum absolute atomic E-state index is 10.2. The Labute approximate surface area is 68.8 Å². The molecule has 0 bridgehead atoms. The van der Waals surface area contributed by atoms with Gasteiger partial charge in [-0.05, 0) is 6.08 Å². The molecule has 1 aromatic rings. The van der Waals surface area contributed by atoms with E-state index in [-0.39, 0.29) is 5.82 Å². The molecule has 1 aromatic heterocycles. The van der Waals surface area contributed by atoms with Crippen molar-refractivity contribution in [2.45, 2.75) is 0 Å². The normalized spacial score (nSPS) is 9.00. The van der Waals surface area contributed by atoms with Crippen LogP contribution in [-0.2, 0) is 0 Å². The molecule has 2 N–H and O–H groups in total. The van der Waals surface area contributed by atoms with Crippen molar-refractivity contribution in [3.05, 3.63) is 24.7 Å². The summed E-state index contributed by atoms with van der Waals surface area (Å²) < 4.78 is 0. The van der Waals surface area contributed by atoms with Gasteiger partial charge in [0.15, 0.2) is 0 Å². The average Bonchev–Trinajstić information content (AvgIpc) is 2.03. The van der Waals surface area contributed by atoms with E-state index in [1.54, 1.807) is 0 Å². The molecule has 0 fully saturated rings. The van der Waals surface area contributed by atoms with Crippen molar-refractivity contribution < 1.29 is 9.90 Å². The fourth-order valence-electron chi connectivity index (χ4n) is 0.662. The Morgan fingerprint density at radius 3 is 3.00 bits per heavy atom. The monoisotopic (exact) mass is 165 g/mol. The van der Waals surface area contributed by atoms with E-state index in [9.17, 15) is 4.79 Å². The first-order valence-corrected chi connectivity index (χ1v) is 3.17. The molecule has 5 heteroatoms. The first-order valence-electron chi connectivity index (χ1n) is 3.17. The van der Waals surface area contributed by atoms with Gasteiger partial charge in [0, 0.05) is 6.07 Å². The molecular formula is C7H7N3O2. The van der Waals surface area contributed by atoms with Crippen LogP contribution in [0.5, 0.6) is 0 Å². The summed E-state index contributed by atoms with van der Waals surface area (Å²) in [6.07, 6.45) is 1.63.